The molecule has 120 valence electrons. The van der Waals surface area contributed by atoms with Crippen molar-refractivity contribution >= 4 is 37.5 Å². The molecule has 4 fully saturated rings. The van der Waals surface area contributed by atoms with Gasteiger partial charge >= 0.3 is 0 Å². The van der Waals surface area contributed by atoms with Gasteiger partial charge in [-0.05, 0) is 83.5 Å². The maximum absolute atomic E-state index is 10.8. The maximum atomic E-state index is 10.8. The zero-order valence-electron chi connectivity index (χ0n) is 12.5. The second-order valence-corrected chi connectivity index (χ2v) is 9.29. The number of nitrogens with one attached hydrogen (secondary N) is 1. The van der Waals surface area contributed by atoms with Gasteiger partial charge in [-0.25, -0.2) is 0 Å². The van der Waals surface area contributed by atoms with E-state index in [2.05, 4.69) is 43.2 Å². The molecule has 0 heterocycles. The van der Waals surface area contributed by atoms with Crippen LogP contribution in [0.2, 0.25) is 0 Å². The molecular weight excluding hydrogens is 408 g/mol. The Balaban J connectivity index is 1.56. The van der Waals surface area contributed by atoms with Crippen molar-refractivity contribution in [1.29, 1.82) is 0 Å². The number of aliphatic hydroxyl groups is 1. The summed E-state index contributed by atoms with van der Waals surface area (Å²) in [5.74, 6) is 2.12. The fourth-order valence-electron chi connectivity index (χ4n) is 5.32. The highest BCUT2D eigenvalue weighted by atomic mass is 79.9. The Kier molecular flexibility index (Phi) is 3.84. The van der Waals surface area contributed by atoms with E-state index in [9.17, 15) is 5.11 Å². The van der Waals surface area contributed by atoms with Crippen molar-refractivity contribution < 1.29 is 5.11 Å². The predicted molar refractivity (Wildman–Crippen MR) is 95.4 cm³/mol. The van der Waals surface area contributed by atoms with Crippen LogP contribution in [0.3, 0.4) is 0 Å². The highest BCUT2D eigenvalue weighted by molar-refractivity contribution is 9.11. The zero-order valence-corrected chi connectivity index (χ0v) is 15.7. The Morgan fingerprint density at radius 2 is 1.86 bits per heavy atom. The van der Waals surface area contributed by atoms with E-state index in [4.69, 9.17) is 5.73 Å². The lowest BCUT2D eigenvalue weighted by molar-refractivity contribution is -0.124. The van der Waals surface area contributed by atoms with Crippen LogP contribution >= 0.6 is 31.9 Å². The van der Waals surface area contributed by atoms with Gasteiger partial charge in [0.15, 0.2) is 0 Å². The molecule has 4 bridgehead atoms. The first-order chi connectivity index (χ1) is 10.5. The van der Waals surface area contributed by atoms with Crippen molar-refractivity contribution in [1.82, 2.24) is 5.32 Å². The Labute approximate surface area is 148 Å². The van der Waals surface area contributed by atoms with Crippen molar-refractivity contribution in [3.63, 3.8) is 0 Å². The van der Waals surface area contributed by atoms with Crippen LogP contribution in [0, 0.1) is 17.8 Å². The van der Waals surface area contributed by atoms with Crippen LogP contribution in [0.5, 0.6) is 0 Å². The highest BCUT2D eigenvalue weighted by Crippen LogP contribution is 2.55. The summed E-state index contributed by atoms with van der Waals surface area (Å²) >= 11 is 7.04. The number of aliphatic hydroxyl groups excluding tert-OH is 1. The van der Waals surface area contributed by atoms with E-state index in [1.807, 2.05) is 6.07 Å². The zero-order chi connectivity index (χ0) is 15.5. The van der Waals surface area contributed by atoms with Crippen LogP contribution < -0.4 is 11.1 Å². The van der Waals surface area contributed by atoms with Gasteiger partial charge in [0, 0.05) is 21.0 Å². The molecule has 0 aromatic heterocycles. The summed E-state index contributed by atoms with van der Waals surface area (Å²) in [5, 5.41) is 14.5. The molecule has 4 N–H and O–H groups in total. The topological polar surface area (TPSA) is 58.3 Å². The first-order valence-corrected chi connectivity index (χ1v) is 9.72. The molecule has 3 nitrogen and oxygen atoms in total. The molecule has 1 aromatic rings. The summed E-state index contributed by atoms with van der Waals surface area (Å²) < 4.78 is 1.95. The molecule has 0 saturated heterocycles. The smallest absolute Gasteiger partial charge is 0.0750 e. The van der Waals surface area contributed by atoms with Crippen molar-refractivity contribution in [3.8, 4) is 0 Å². The monoisotopic (exact) mass is 428 g/mol. The number of hydrogen-bond acceptors (Lipinski definition) is 3. The average Bonchev–Trinajstić information content (AvgIpc) is 2.46. The minimum absolute atomic E-state index is 0.0873. The summed E-state index contributed by atoms with van der Waals surface area (Å²) in [4.78, 5) is 0. The number of nitrogen functional groups attached to an aromatic ring is 1. The third-order valence-electron chi connectivity index (χ3n) is 6.07. The van der Waals surface area contributed by atoms with Gasteiger partial charge in [0.1, 0.15) is 0 Å². The summed E-state index contributed by atoms with van der Waals surface area (Å²) in [6, 6.07) is 4.04. The van der Waals surface area contributed by atoms with Gasteiger partial charge in [0.05, 0.1) is 11.8 Å². The SMILES string of the molecule is Nc1c(Br)cc(Br)cc1CNC12CC3CC(CC(C3)C1O)C2. The maximum Gasteiger partial charge on any atom is 0.0750 e. The molecular formula is C17H22Br2N2O. The van der Waals surface area contributed by atoms with Crippen LogP contribution in [-0.2, 0) is 6.54 Å². The lowest BCUT2D eigenvalue weighted by atomic mass is 9.51. The molecule has 3 unspecified atom stereocenters. The number of anilines is 1. The minimum Gasteiger partial charge on any atom is -0.398 e. The number of hydrogen-bond donors (Lipinski definition) is 3. The van der Waals surface area contributed by atoms with Crippen molar-refractivity contribution in [2.45, 2.75) is 50.3 Å². The fraction of sp³-hybridized carbons (Fsp3) is 0.647. The molecule has 3 atom stereocenters. The van der Waals surface area contributed by atoms with E-state index >= 15 is 0 Å². The predicted octanol–water partition coefficient (Wildman–Crippen LogP) is 3.82. The highest BCUT2D eigenvalue weighted by Gasteiger charge is 2.56. The van der Waals surface area contributed by atoms with Crippen LogP contribution in [0.25, 0.3) is 0 Å². The summed E-state index contributed by atoms with van der Waals surface area (Å²) in [6.07, 6.45) is 5.87. The Morgan fingerprint density at radius 3 is 2.55 bits per heavy atom. The van der Waals surface area contributed by atoms with Crippen LogP contribution in [0.15, 0.2) is 21.1 Å². The van der Waals surface area contributed by atoms with E-state index in [1.54, 1.807) is 0 Å². The van der Waals surface area contributed by atoms with Crippen molar-refractivity contribution in [2.75, 3.05) is 5.73 Å². The quantitative estimate of drug-likeness (QED) is 0.640. The number of nitrogens with two attached hydrogens (primary N) is 1. The first-order valence-electron chi connectivity index (χ1n) is 8.13. The van der Waals surface area contributed by atoms with Crippen molar-refractivity contribution in [2.24, 2.45) is 17.8 Å². The summed E-state index contributed by atoms with van der Waals surface area (Å²) in [5.41, 5.74) is 7.98. The van der Waals surface area contributed by atoms with Gasteiger partial charge in [-0.15, -0.1) is 0 Å². The molecule has 0 radical (unpaired) electrons. The van der Waals surface area contributed by atoms with Gasteiger partial charge < -0.3 is 16.2 Å². The second-order valence-electron chi connectivity index (χ2n) is 7.52. The molecule has 4 aliphatic carbocycles. The first kappa shape index (κ1) is 15.4. The number of benzene rings is 1. The Bertz CT molecular complexity index is 593. The van der Waals surface area contributed by atoms with Crippen LogP contribution in [-0.4, -0.2) is 16.7 Å². The summed E-state index contributed by atoms with van der Waals surface area (Å²) in [7, 11) is 0. The van der Waals surface area contributed by atoms with Gasteiger partial charge in [-0.1, -0.05) is 15.9 Å². The molecule has 5 heteroatoms. The number of rotatable bonds is 3. The molecule has 1 aromatic carbocycles. The van der Waals surface area contributed by atoms with E-state index in [-0.39, 0.29) is 11.6 Å². The molecule has 5 rings (SSSR count). The third kappa shape index (κ3) is 2.45. The van der Waals surface area contributed by atoms with E-state index < -0.39 is 0 Å². The van der Waals surface area contributed by atoms with Gasteiger partial charge in [0.25, 0.3) is 0 Å². The lowest BCUT2D eigenvalue weighted by Gasteiger charge is -2.59. The Morgan fingerprint density at radius 1 is 1.18 bits per heavy atom. The van der Waals surface area contributed by atoms with Gasteiger partial charge in [-0.2, -0.15) is 0 Å². The van der Waals surface area contributed by atoms with Crippen molar-refractivity contribution in [3.05, 3.63) is 26.6 Å². The normalized spacial score (nSPS) is 39.4. The molecule has 22 heavy (non-hydrogen) atoms. The van der Waals surface area contributed by atoms with E-state index in [1.165, 1.54) is 19.3 Å². The molecule has 4 saturated carbocycles. The molecule has 0 aliphatic heterocycles. The standard InChI is InChI=1S/C17H22Br2N2O/c18-13-4-12(15(20)14(19)5-13)8-21-17-6-9-1-10(7-17)3-11(2-9)16(17)22/h4-5,9-11,16,21-22H,1-3,6-8,20H2. The largest absolute Gasteiger partial charge is 0.398 e. The summed E-state index contributed by atoms with van der Waals surface area (Å²) in [6.45, 7) is 0.715. The lowest BCUT2D eigenvalue weighted by Crippen LogP contribution is -2.66. The van der Waals surface area contributed by atoms with Crippen LogP contribution in [0.4, 0.5) is 5.69 Å². The average molecular weight is 430 g/mol. The van der Waals surface area contributed by atoms with Crippen LogP contribution in [0.1, 0.15) is 37.7 Å². The van der Waals surface area contributed by atoms with Gasteiger partial charge in [0.2, 0.25) is 0 Å². The second kappa shape index (κ2) is 5.47. The van der Waals surface area contributed by atoms with Gasteiger partial charge in [-0.3, -0.25) is 0 Å². The van der Waals surface area contributed by atoms with E-state index in [0.29, 0.717) is 12.5 Å². The Hall–Kier alpha value is -0.100. The molecule has 4 aliphatic rings. The van der Waals surface area contributed by atoms with E-state index in [0.717, 1.165) is 44.9 Å². The fourth-order valence-corrected chi connectivity index (χ4v) is 6.63. The number of halogens is 2. The minimum atomic E-state index is -0.197. The molecule has 0 amide bonds. The third-order valence-corrected chi connectivity index (χ3v) is 7.18. The molecule has 0 spiro atoms.